The van der Waals surface area contributed by atoms with E-state index < -0.39 is 33.5 Å². The Hall–Kier alpha value is -4.15. The summed E-state index contributed by atoms with van der Waals surface area (Å²) in [5.41, 5.74) is 2.20. The van der Waals surface area contributed by atoms with Gasteiger partial charge < -0.3 is 5.32 Å². The predicted octanol–water partition coefficient (Wildman–Crippen LogP) is 2.57. The smallest absolute Gasteiger partial charge is 0.279 e. The van der Waals surface area contributed by atoms with E-state index in [0.29, 0.717) is 11.4 Å². The van der Waals surface area contributed by atoms with E-state index in [9.17, 15) is 29.8 Å². The first kappa shape index (κ1) is 21.2. The van der Waals surface area contributed by atoms with E-state index in [-0.39, 0.29) is 17.9 Å². The Balaban J connectivity index is 1.95. The number of nitrogens with one attached hydrogen (secondary N) is 2. The summed E-state index contributed by atoms with van der Waals surface area (Å²) in [6.45, 7) is 1.54. The molecule has 2 rings (SSSR count). The summed E-state index contributed by atoms with van der Waals surface area (Å²) in [7, 11) is 0. The van der Waals surface area contributed by atoms with E-state index in [1.54, 1.807) is 31.2 Å². The number of carbonyl (C=O) groups excluding carboxylic acids is 2. The van der Waals surface area contributed by atoms with Crippen molar-refractivity contribution in [2.45, 2.75) is 19.8 Å². The lowest BCUT2D eigenvalue weighted by Crippen LogP contribution is -2.23. The van der Waals surface area contributed by atoms with Crippen LogP contribution in [-0.4, -0.2) is 27.4 Å². The van der Waals surface area contributed by atoms with Gasteiger partial charge in [-0.3, -0.25) is 29.8 Å². The molecule has 29 heavy (non-hydrogen) atoms. The molecule has 0 aliphatic carbocycles. The highest BCUT2D eigenvalue weighted by atomic mass is 16.6. The Labute approximate surface area is 164 Å². The Morgan fingerprint density at radius 3 is 2.31 bits per heavy atom. The molecule has 0 aromatic heterocycles. The molecule has 0 saturated heterocycles. The number of rotatable bonds is 8. The van der Waals surface area contributed by atoms with Gasteiger partial charge in [-0.2, -0.15) is 5.10 Å². The zero-order valence-corrected chi connectivity index (χ0v) is 15.3. The van der Waals surface area contributed by atoms with Crippen molar-refractivity contribution in [3.63, 3.8) is 0 Å². The predicted molar refractivity (Wildman–Crippen MR) is 104 cm³/mol. The Morgan fingerprint density at radius 1 is 1.00 bits per heavy atom. The maximum Gasteiger partial charge on any atom is 0.279 e. The Morgan fingerprint density at radius 2 is 1.69 bits per heavy atom. The van der Waals surface area contributed by atoms with Gasteiger partial charge >= 0.3 is 0 Å². The average molecular weight is 399 g/mol. The van der Waals surface area contributed by atoms with Crippen molar-refractivity contribution >= 4 is 34.6 Å². The fourth-order valence-corrected chi connectivity index (χ4v) is 2.35. The summed E-state index contributed by atoms with van der Waals surface area (Å²) < 4.78 is 0. The molecule has 2 aromatic rings. The van der Waals surface area contributed by atoms with Crippen LogP contribution in [0.25, 0.3) is 0 Å². The molecule has 2 amide bonds. The lowest BCUT2D eigenvalue weighted by molar-refractivity contribution is -0.394. The summed E-state index contributed by atoms with van der Waals surface area (Å²) in [4.78, 5) is 44.2. The molecule has 0 bridgehead atoms. The molecule has 0 radical (unpaired) electrons. The first-order chi connectivity index (χ1) is 13.8. The van der Waals surface area contributed by atoms with Crippen molar-refractivity contribution in [2.75, 3.05) is 5.32 Å². The van der Waals surface area contributed by atoms with Gasteiger partial charge in [0.1, 0.15) is 0 Å². The molecule has 0 aliphatic heterocycles. The molecule has 0 atom stereocenters. The molecule has 11 heteroatoms. The van der Waals surface area contributed by atoms with Gasteiger partial charge in [-0.15, -0.1) is 0 Å². The lowest BCUT2D eigenvalue weighted by Gasteiger charge is -2.06. The zero-order valence-electron chi connectivity index (χ0n) is 15.3. The number of carbonyl (C=O) groups is 2. The van der Waals surface area contributed by atoms with Crippen LogP contribution in [0.5, 0.6) is 0 Å². The minimum atomic E-state index is -0.794. The molecule has 11 nitrogen and oxygen atoms in total. The molecular formula is C18H17N5O6. The van der Waals surface area contributed by atoms with Gasteiger partial charge in [-0.1, -0.05) is 18.2 Å². The van der Waals surface area contributed by atoms with Gasteiger partial charge in [0.15, 0.2) is 0 Å². The summed E-state index contributed by atoms with van der Waals surface area (Å²) in [6, 6.07) is 11.8. The molecule has 0 unspecified atom stereocenters. The number of amides is 2. The largest absolute Gasteiger partial charge is 0.326 e. The van der Waals surface area contributed by atoms with Crippen molar-refractivity contribution in [1.82, 2.24) is 5.43 Å². The van der Waals surface area contributed by atoms with E-state index in [4.69, 9.17) is 0 Å². The van der Waals surface area contributed by atoms with Gasteiger partial charge in [-0.05, 0) is 25.1 Å². The zero-order chi connectivity index (χ0) is 21.4. The third-order valence-corrected chi connectivity index (χ3v) is 3.67. The molecule has 2 aromatic carbocycles. The highest BCUT2D eigenvalue weighted by Crippen LogP contribution is 2.25. The molecular weight excluding hydrogens is 382 g/mol. The number of hydrogen-bond donors (Lipinski definition) is 2. The second-order valence-electron chi connectivity index (χ2n) is 5.98. The van der Waals surface area contributed by atoms with E-state index in [2.05, 4.69) is 15.8 Å². The maximum absolute atomic E-state index is 12.0. The second-order valence-corrected chi connectivity index (χ2v) is 5.98. The lowest BCUT2D eigenvalue weighted by atomic mass is 10.1. The van der Waals surface area contributed by atoms with Crippen molar-refractivity contribution < 1.29 is 19.4 Å². The highest BCUT2D eigenvalue weighted by molar-refractivity contribution is 6.05. The fourth-order valence-electron chi connectivity index (χ4n) is 2.35. The molecule has 0 fully saturated rings. The SMILES string of the molecule is CC(CC(=O)Nc1ccccc1)=NNC(=O)Cc1ccc([N+](=O)[O-])cc1[N+](=O)[O-]. The second kappa shape index (κ2) is 9.69. The van der Waals surface area contributed by atoms with Gasteiger partial charge in [0.05, 0.1) is 28.8 Å². The summed E-state index contributed by atoms with van der Waals surface area (Å²) in [5.74, 6) is -0.984. The fraction of sp³-hybridized carbons (Fsp3) is 0.167. The average Bonchev–Trinajstić information content (AvgIpc) is 2.67. The topological polar surface area (TPSA) is 157 Å². The van der Waals surface area contributed by atoms with Crippen molar-refractivity contribution in [3.8, 4) is 0 Å². The van der Waals surface area contributed by atoms with Gasteiger partial charge in [0.2, 0.25) is 11.8 Å². The van der Waals surface area contributed by atoms with Gasteiger partial charge in [-0.25, -0.2) is 5.43 Å². The van der Waals surface area contributed by atoms with Crippen LogP contribution in [0, 0.1) is 20.2 Å². The number of anilines is 1. The van der Waals surface area contributed by atoms with Crippen LogP contribution in [0.3, 0.4) is 0 Å². The number of para-hydroxylation sites is 1. The van der Waals surface area contributed by atoms with Crippen LogP contribution < -0.4 is 10.7 Å². The normalized spacial score (nSPS) is 10.9. The highest BCUT2D eigenvalue weighted by Gasteiger charge is 2.21. The van der Waals surface area contributed by atoms with E-state index in [1.807, 2.05) is 6.07 Å². The van der Waals surface area contributed by atoms with E-state index in [0.717, 1.165) is 18.2 Å². The van der Waals surface area contributed by atoms with E-state index in [1.165, 1.54) is 0 Å². The quantitative estimate of drug-likeness (QED) is 0.394. The first-order valence-electron chi connectivity index (χ1n) is 8.35. The molecule has 0 saturated carbocycles. The van der Waals surface area contributed by atoms with Crippen LogP contribution in [0.15, 0.2) is 53.6 Å². The number of nitro groups is 2. The Kier molecular flexibility index (Phi) is 7.07. The monoisotopic (exact) mass is 399 g/mol. The van der Waals surface area contributed by atoms with Crippen LogP contribution >= 0.6 is 0 Å². The van der Waals surface area contributed by atoms with Crippen molar-refractivity contribution in [2.24, 2.45) is 5.10 Å². The minimum Gasteiger partial charge on any atom is -0.326 e. The van der Waals surface area contributed by atoms with Crippen LogP contribution in [0.2, 0.25) is 0 Å². The molecule has 0 heterocycles. The van der Waals surface area contributed by atoms with Crippen LogP contribution in [0.1, 0.15) is 18.9 Å². The molecule has 2 N–H and O–H groups in total. The molecule has 0 aliphatic rings. The van der Waals surface area contributed by atoms with Crippen molar-refractivity contribution in [3.05, 3.63) is 74.3 Å². The molecule has 0 spiro atoms. The summed E-state index contributed by atoms with van der Waals surface area (Å²) in [6.07, 6.45) is -0.464. The minimum absolute atomic E-state index is 0.00720. The van der Waals surface area contributed by atoms with Crippen LogP contribution in [0.4, 0.5) is 17.1 Å². The maximum atomic E-state index is 12.0. The summed E-state index contributed by atoms with van der Waals surface area (Å²) in [5, 5.41) is 28.3. The Bertz CT molecular complexity index is 974. The number of hydrogen-bond acceptors (Lipinski definition) is 7. The van der Waals surface area contributed by atoms with E-state index >= 15 is 0 Å². The number of nitro benzene ring substituents is 2. The number of non-ortho nitro benzene ring substituents is 1. The third kappa shape index (κ3) is 6.50. The number of benzene rings is 2. The van der Waals surface area contributed by atoms with Crippen LogP contribution in [-0.2, 0) is 16.0 Å². The van der Waals surface area contributed by atoms with Gasteiger partial charge in [0.25, 0.3) is 11.4 Å². The first-order valence-corrected chi connectivity index (χ1v) is 8.35. The standard InChI is InChI=1S/C18H17N5O6/c1-12(9-17(24)19-14-5-3-2-4-6-14)20-21-18(25)10-13-7-8-15(22(26)27)11-16(13)23(28)29/h2-8,11H,9-10H2,1H3,(H,19,24)(H,21,25). The number of hydrazone groups is 1. The third-order valence-electron chi connectivity index (χ3n) is 3.67. The molecule has 150 valence electrons. The van der Waals surface area contributed by atoms with Crippen molar-refractivity contribution in [1.29, 1.82) is 0 Å². The van der Waals surface area contributed by atoms with Gasteiger partial charge in [0, 0.05) is 23.0 Å². The number of nitrogens with zero attached hydrogens (tertiary/aromatic N) is 3. The summed E-state index contributed by atoms with van der Waals surface area (Å²) >= 11 is 0.